The summed E-state index contributed by atoms with van der Waals surface area (Å²) in [6, 6.07) is 6.78. The Morgan fingerprint density at radius 2 is 2.00 bits per heavy atom. The van der Waals surface area contributed by atoms with Crippen LogP contribution < -0.4 is 0 Å². The normalized spacial score (nSPS) is 20.5. The van der Waals surface area contributed by atoms with Gasteiger partial charge in [-0.2, -0.15) is 0 Å². The Bertz CT molecular complexity index is 298. The Labute approximate surface area is 69.6 Å². The van der Waals surface area contributed by atoms with E-state index in [-0.39, 0.29) is 6.10 Å². The molecule has 3 nitrogen and oxygen atoms in total. The third-order valence-electron chi connectivity index (χ3n) is 1.86. The van der Waals surface area contributed by atoms with Crippen molar-refractivity contribution in [2.24, 2.45) is 0 Å². The lowest BCUT2D eigenvalue weighted by atomic mass is 10.1. The number of benzene rings is 1. The molecule has 2 rings (SSSR count). The van der Waals surface area contributed by atoms with Gasteiger partial charge in [0.1, 0.15) is 6.10 Å². The highest BCUT2D eigenvalue weighted by Gasteiger charge is 2.24. The van der Waals surface area contributed by atoms with Crippen molar-refractivity contribution >= 4 is 5.97 Å². The lowest BCUT2D eigenvalue weighted by molar-refractivity contribution is 0.0697. The number of carboxylic acid groups (broad SMARTS) is 1. The topological polar surface area (TPSA) is 49.8 Å². The first-order valence-electron chi connectivity index (χ1n) is 3.72. The van der Waals surface area contributed by atoms with Crippen LogP contribution in [0.15, 0.2) is 24.3 Å². The summed E-state index contributed by atoms with van der Waals surface area (Å²) in [6.07, 6.45) is 0.202. The molecule has 1 aromatic carbocycles. The summed E-state index contributed by atoms with van der Waals surface area (Å²) < 4.78 is 5.05. The molecule has 1 N–H and O–H groups in total. The van der Waals surface area contributed by atoms with Crippen LogP contribution in [0.2, 0.25) is 0 Å². The van der Waals surface area contributed by atoms with Crippen molar-refractivity contribution in [3.05, 3.63) is 35.4 Å². The van der Waals surface area contributed by atoms with E-state index >= 15 is 0 Å². The predicted molar refractivity (Wildman–Crippen MR) is 42.1 cm³/mol. The molecule has 1 atom stereocenters. The summed E-state index contributed by atoms with van der Waals surface area (Å²) in [5.74, 6) is -0.890. The molecule has 0 spiro atoms. The van der Waals surface area contributed by atoms with E-state index in [1.807, 2.05) is 0 Å². The van der Waals surface area contributed by atoms with Gasteiger partial charge in [-0.3, -0.25) is 0 Å². The van der Waals surface area contributed by atoms with Crippen LogP contribution in [-0.2, 0) is 4.74 Å². The van der Waals surface area contributed by atoms with Crippen LogP contribution >= 0.6 is 0 Å². The number of rotatable bonds is 2. The molecule has 0 amide bonds. The lowest BCUT2D eigenvalue weighted by Gasteiger charge is -1.96. The van der Waals surface area contributed by atoms with Gasteiger partial charge in [-0.05, 0) is 17.7 Å². The van der Waals surface area contributed by atoms with Gasteiger partial charge in [0, 0.05) is 0 Å². The molecule has 3 heteroatoms. The predicted octanol–water partition coefficient (Wildman–Crippen LogP) is 1.46. The highest BCUT2D eigenvalue weighted by atomic mass is 16.6. The fraction of sp³-hybridized carbons (Fsp3) is 0.222. The van der Waals surface area contributed by atoms with Crippen LogP contribution in [0, 0.1) is 0 Å². The fourth-order valence-corrected chi connectivity index (χ4v) is 1.08. The van der Waals surface area contributed by atoms with Crippen molar-refractivity contribution < 1.29 is 14.6 Å². The molecule has 0 aliphatic carbocycles. The van der Waals surface area contributed by atoms with E-state index in [0.717, 1.165) is 12.2 Å². The minimum absolute atomic E-state index is 0.202. The van der Waals surface area contributed by atoms with Crippen molar-refractivity contribution in [3.8, 4) is 0 Å². The Morgan fingerprint density at radius 3 is 2.42 bits per heavy atom. The molecule has 1 saturated heterocycles. The second kappa shape index (κ2) is 2.60. The number of epoxide rings is 1. The minimum atomic E-state index is -0.890. The summed E-state index contributed by atoms with van der Waals surface area (Å²) >= 11 is 0. The van der Waals surface area contributed by atoms with Crippen LogP contribution in [0.4, 0.5) is 0 Å². The maximum absolute atomic E-state index is 10.5. The fourth-order valence-electron chi connectivity index (χ4n) is 1.08. The SMILES string of the molecule is O=C(O)c1ccc([C@H]2CO2)cc1. The Balaban J connectivity index is 2.24. The van der Waals surface area contributed by atoms with Gasteiger partial charge < -0.3 is 9.84 Å². The molecule has 62 valence electrons. The maximum Gasteiger partial charge on any atom is 0.335 e. The standard InChI is InChI=1S/C9H8O3/c10-9(11)7-3-1-6(2-4-7)8-5-12-8/h1-4,8H,5H2,(H,10,11)/t8-/m1/s1. The Kier molecular flexibility index (Phi) is 1.59. The van der Waals surface area contributed by atoms with Crippen LogP contribution in [0.1, 0.15) is 22.0 Å². The monoisotopic (exact) mass is 164 g/mol. The molecule has 0 unspecified atom stereocenters. The third kappa shape index (κ3) is 1.31. The molecule has 0 bridgehead atoms. The molecule has 0 aromatic heterocycles. The average Bonchev–Trinajstić information content (AvgIpc) is 2.87. The van der Waals surface area contributed by atoms with Gasteiger partial charge in [0.05, 0.1) is 12.2 Å². The quantitative estimate of drug-likeness (QED) is 0.673. The van der Waals surface area contributed by atoms with Crippen molar-refractivity contribution in [3.63, 3.8) is 0 Å². The highest BCUT2D eigenvalue weighted by Crippen LogP contribution is 2.29. The molecule has 0 saturated carbocycles. The lowest BCUT2D eigenvalue weighted by Crippen LogP contribution is -1.95. The van der Waals surface area contributed by atoms with E-state index < -0.39 is 5.97 Å². The smallest absolute Gasteiger partial charge is 0.335 e. The molecule has 1 aromatic rings. The number of hydrogen-bond acceptors (Lipinski definition) is 2. The van der Waals surface area contributed by atoms with E-state index in [4.69, 9.17) is 9.84 Å². The van der Waals surface area contributed by atoms with E-state index in [0.29, 0.717) is 5.56 Å². The molecular formula is C9H8O3. The van der Waals surface area contributed by atoms with Crippen molar-refractivity contribution in [1.82, 2.24) is 0 Å². The second-order valence-electron chi connectivity index (χ2n) is 2.75. The zero-order valence-corrected chi connectivity index (χ0v) is 6.36. The molecule has 1 fully saturated rings. The summed E-state index contributed by atoms with van der Waals surface area (Å²) in [5, 5.41) is 8.60. The summed E-state index contributed by atoms with van der Waals surface area (Å²) in [4.78, 5) is 10.5. The van der Waals surface area contributed by atoms with Crippen LogP contribution in [-0.4, -0.2) is 17.7 Å². The number of hydrogen-bond donors (Lipinski definition) is 1. The molecular weight excluding hydrogens is 156 g/mol. The number of carboxylic acids is 1. The van der Waals surface area contributed by atoms with Crippen LogP contribution in [0.5, 0.6) is 0 Å². The van der Waals surface area contributed by atoms with Crippen LogP contribution in [0.25, 0.3) is 0 Å². The van der Waals surface area contributed by atoms with E-state index in [1.54, 1.807) is 24.3 Å². The first-order chi connectivity index (χ1) is 5.77. The van der Waals surface area contributed by atoms with E-state index in [9.17, 15) is 4.79 Å². The first-order valence-corrected chi connectivity index (χ1v) is 3.72. The zero-order chi connectivity index (χ0) is 8.55. The van der Waals surface area contributed by atoms with Gasteiger partial charge >= 0.3 is 5.97 Å². The molecule has 0 radical (unpaired) electrons. The largest absolute Gasteiger partial charge is 0.478 e. The maximum atomic E-state index is 10.5. The van der Waals surface area contributed by atoms with Gasteiger partial charge in [-0.15, -0.1) is 0 Å². The average molecular weight is 164 g/mol. The summed E-state index contributed by atoms with van der Waals surface area (Å²) in [6.45, 7) is 0.756. The Morgan fingerprint density at radius 1 is 1.42 bits per heavy atom. The number of aromatic carboxylic acids is 1. The van der Waals surface area contributed by atoms with Crippen molar-refractivity contribution in [1.29, 1.82) is 0 Å². The molecule has 1 aliphatic rings. The van der Waals surface area contributed by atoms with Crippen molar-refractivity contribution in [2.75, 3.05) is 6.61 Å². The molecule has 1 heterocycles. The second-order valence-corrected chi connectivity index (χ2v) is 2.75. The first kappa shape index (κ1) is 7.31. The van der Waals surface area contributed by atoms with Gasteiger partial charge in [0.25, 0.3) is 0 Å². The third-order valence-corrected chi connectivity index (χ3v) is 1.86. The number of carbonyl (C=O) groups is 1. The van der Waals surface area contributed by atoms with Gasteiger partial charge in [-0.1, -0.05) is 12.1 Å². The zero-order valence-electron chi connectivity index (χ0n) is 6.36. The Hall–Kier alpha value is -1.35. The highest BCUT2D eigenvalue weighted by molar-refractivity contribution is 5.87. The minimum Gasteiger partial charge on any atom is -0.478 e. The van der Waals surface area contributed by atoms with Crippen molar-refractivity contribution in [2.45, 2.75) is 6.10 Å². The van der Waals surface area contributed by atoms with Gasteiger partial charge in [-0.25, -0.2) is 4.79 Å². The summed E-state index contributed by atoms with van der Waals surface area (Å²) in [7, 11) is 0. The van der Waals surface area contributed by atoms with E-state index in [1.165, 1.54) is 0 Å². The molecule has 1 aliphatic heterocycles. The number of ether oxygens (including phenoxy) is 1. The van der Waals surface area contributed by atoms with Gasteiger partial charge in [0.15, 0.2) is 0 Å². The van der Waals surface area contributed by atoms with Gasteiger partial charge in [0.2, 0.25) is 0 Å². The summed E-state index contributed by atoms with van der Waals surface area (Å²) in [5.41, 5.74) is 1.37. The van der Waals surface area contributed by atoms with Crippen LogP contribution in [0.3, 0.4) is 0 Å². The van der Waals surface area contributed by atoms with E-state index in [2.05, 4.69) is 0 Å². The molecule has 12 heavy (non-hydrogen) atoms.